The number of rotatable bonds is 6. The second kappa shape index (κ2) is 9.25. The van der Waals surface area contributed by atoms with Crippen molar-refractivity contribution in [3.8, 4) is 6.01 Å². The van der Waals surface area contributed by atoms with Crippen molar-refractivity contribution in [2.45, 2.75) is 71.1 Å². The Balaban J connectivity index is 1.44. The van der Waals surface area contributed by atoms with Crippen LogP contribution in [-0.4, -0.2) is 75.0 Å². The summed E-state index contributed by atoms with van der Waals surface area (Å²) in [5, 5.41) is 11.3. The van der Waals surface area contributed by atoms with Gasteiger partial charge in [0.05, 0.1) is 18.0 Å². The Bertz CT molecular complexity index is 900. The van der Waals surface area contributed by atoms with Crippen LogP contribution in [0.4, 0.5) is 10.6 Å². The molecule has 2 aliphatic heterocycles. The molecule has 10 nitrogen and oxygen atoms in total. The molecule has 1 atom stereocenters. The molecule has 2 aliphatic rings. The summed E-state index contributed by atoms with van der Waals surface area (Å²) in [4.78, 5) is 23.4. The lowest BCUT2D eigenvalue weighted by Crippen LogP contribution is -2.44. The first-order valence-electron chi connectivity index (χ1n) is 11.3. The van der Waals surface area contributed by atoms with Crippen LogP contribution in [0.2, 0.25) is 0 Å². The van der Waals surface area contributed by atoms with E-state index in [-0.39, 0.29) is 30.3 Å². The van der Waals surface area contributed by atoms with Gasteiger partial charge in [-0.2, -0.15) is 4.98 Å². The van der Waals surface area contributed by atoms with Gasteiger partial charge in [-0.3, -0.25) is 0 Å². The monoisotopic (exact) mass is 431 g/mol. The van der Waals surface area contributed by atoms with Gasteiger partial charge in [0.2, 0.25) is 0 Å². The predicted molar refractivity (Wildman–Crippen MR) is 117 cm³/mol. The maximum atomic E-state index is 12.4. The summed E-state index contributed by atoms with van der Waals surface area (Å²) >= 11 is 0. The van der Waals surface area contributed by atoms with Gasteiger partial charge in [0.25, 0.3) is 0 Å². The van der Waals surface area contributed by atoms with Gasteiger partial charge in [-0.15, -0.1) is 5.10 Å². The number of hydrogen-bond acceptors (Lipinski definition) is 8. The second-order valence-corrected chi connectivity index (χ2v) is 8.89. The van der Waals surface area contributed by atoms with E-state index in [1.165, 1.54) is 0 Å². The largest absolute Gasteiger partial charge is 0.460 e. The minimum atomic E-state index is -0.209. The molecule has 4 rings (SSSR count). The molecule has 1 amide bonds. The molecule has 2 N–H and O–H groups in total. The molecule has 4 heterocycles. The molecular formula is C21H33N7O3. The van der Waals surface area contributed by atoms with E-state index in [9.17, 15) is 4.79 Å². The van der Waals surface area contributed by atoms with Gasteiger partial charge in [-0.25, -0.2) is 14.3 Å². The summed E-state index contributed by atoms with van der Waals surface area (Å²) in [5.74, 6) is 0.935. The molecule has 31 heavy (non-hydrogen) atoms. The Morgan fingerprint density at radius 2 is 2.00 bits per heavy atom. The van der Waals surface area contributed by atoms with Crippen molar-refractivity contribution in [1.82, 2.24) is 29.8 Å². The van der Waals surface area contributed by atoms with E-state index in [2.05, 4.69) is 39.5 Å². The average Bonchev–Trinajstić information content (AvgIpc) is 3.38. The van der Waals surface area contributed by atoms with Crippen LogP contribution in [0.5, 0.6) is 6.01 Å². The topological polar surface area (TPSA) is 106 Å². The maximum Gasteiger partial charge on any atom is 0.410 e. The quantitative estimate of drug-likeness (QED) is 0.718. The zero-order valence-electron chi connectivity index (χ0n) is 18.8. The summed E-state index contributed by atoms with van der Waals surface area (Å²) in [5.41, 5.74) is 1.70. The molecule has 2 fully saturated rings. The van der Waals surface area contributed by atoms with Gasteiger partial charge in [0.15, 0.2) is 11.5 Å². The number of imidazole rings is 1. The number of aromatic nitrogens is 4. The van der Waals surface area contributed by atoms with E-state index in [1.807, 2.05) is 24.6 Å². The standard InChI is InChI=1S/C21H33N7O3/c1-13(2)17-12-23-19-18(25-20(26-28(17)19)30-14(3)4)24-15-6-9-27(10-7-15)21(29)31-16-5-8-22-11-16/h12-16,22H,5-11H2,1-4H3,(H,24,25,26)/t16-/m0/s1. The summed E-state index contributed by atoms with van der Waals surface area (Å²) in [6.07, 6.45) is 4.11. The van der Waals surface area contributed by atoms with Crippen molar-refractivity contribution in [3.63, 3.8) is 0 Å². The third-order valence-corrected chi connectivity index (χ3v) is 5.68. The molecular weight excluding hydrogens is 398 g/mol. The number of likely N-dealkylation sites (tertiary alicyclic amines) is 1. The molecule has 0 aromatic carbocycles. The van der Waals surface area contributed by atoms with Gasteiger partial charge in [-0.1, -0.05) is 13.8 Å². The number of hydrogen-bond donors (Lipinski definition) is 2. The van der Waals surface area contributed by atoms with Crippen molar-refractivity contribution < 1.29 is 14.3 Å². The number of ether oxygens (including phenoxy) is 2. The van der Waals surface area contributed by atoms with Crippen LogP contribution in [0.25, 0.3) is 5.65 Å². The van der Waals surface area contributed by atoms with Crippen LogP contribution >= 0.6 is 0 Å². The summed E-state index contributed by atoms with van der Waals surface area (Å²) in [6, 6.07) is 0.512. The molecule has 0 radical (unpaired) electrons. The van der Waals surface area contributed by atoms with E-state index in [0.29, 0.717) is 30.6 Å². The summed E-state index contributed by atoms with van der Waals surface area (Å²) < 4.78 is 13.2. The highest BCUT2D eigenvalue weighted by Gasteiger charge is 2.28. The first-order valence-corrected chi connectivity index (χ1v) is 11.3. The van der Waals surface area contributed by atoms with E-state index in [1.54, 1.807) is 4.90 Å². The number of piperidine rings is 1. The third-order valence-electron chi connectivity index (χ3n) is 5.68. The van der Waals surface area contributed by atoms with Gasteiger partial charge < -0.3 is 25.0 Å². The minimum absolute atomic E-state index is 0.00683. The molecule has 170 valence electrons. The number of nitrogens with zero attached hydrogens (tertiary/aromatic N) is 5. The summed E-state index contributed by atoms with van der Waals surface area (Å²) in [6.45, 7) is 11.1. The number of carbonyl (C=O) groups is 1. The fourth-order valence-corrected chi connectivity index (χ4v) is 3.98. The smallest absolute Gasteiger partial charge is 0.410 e. The van der Waals surface area contributed by atoms with Crippen molar-refractivity contribution in [2.75, 3.05) is 31.5 Å². The molecule has 2 saturated heterocycles. The highest BCUT2D eigenvalue weighted by molar-refractivity contribution is 5.68. The minimum Gasteiger partial charge on any atom is -0.460 e. The van der Waals surface area contributed by atoms with Crippen LogP contribution < -0.4 is 15.4 Å². The molecule has 10 heteroatoms. The maximum absolute atomic E-state index is 12.4. The van der Waals surface area contributed by atoms with E-state index in [0.717, 1.165) is 38.0 Å². The molecule has 0 bridgehead atoms. The molecule has 2 aromatic heterocycles. The van der Waals surface area contributed by atoms with Crippen LogP contribution in [-0.2, 0) is 4.74 Å². The van der Waals surface area contributed by atoms with Crippen LogP contribution in [0.15, 0.2) is 6.20 Å². The van der Waals surface area contributed by atoms with Crippen LogP contribution in [0.3, 0.4) is 0 Å². The molecule has 0 saturated carbocycles. The fraction of sp³-hybridized carbons (Fsp3) is 0.714. The van der Waals surface area contributed by atoms with E-state index in [4.69, 9.17) is 9.47 Å². The van der Waals surface area contributed by atoms with Gasteiger partial charge in [0, 0.05) is 25.7 Å². The highest BCUT2D eigenvalue weighted by atomic mass is 16.6. The number of fused-ring (bicyclic) bond motifs is 1. The number of anilines is 1. The van der Waals surface area contributed by atoms with Gasteiger partial charge in [-0.05, 0) is 45.6 Å². The van der Waals surface area contributed by atoms with Gasteiger partial charge in [0.1, 0.15) is 6.10 Å². The zero-order chi connectivity index (χ0) is 22.0. The lowest BCUT2D eigenvalue weighted by molar-refractivity contribution is 0.0641. The number of nitrogens with one attached hydrogen (secondary N) is 2. The first-order chi connectivity index (χ1) is 14.9. The van der Waals surface area contributed by atoms with Crippen molar-refractivity contribution >= 4 is 17.6 Å². The Morgan fingerprint density at radius 3 is 2.65 bits per heavy atom. The highest BCUT2D eigenvalue weighted by Crippen LogP contribution is 2.24. The Morgan fingerprint density at radius 1 is 1.23 bits per heavy atom. The molecule has 0 aliphatic carbocycles. The molecule has 2 aromatic rings. The van der Waals surface area contributed by atoms with Gasteiger partial charge >= 0.3 is 12.1 Å². The van der Waals surface area contributed by atoms with Crippen molar-refractivity contribution in [3.05, 3.63) is 11.9 Å². The SMILES string of the molecule is CC(C)Oc1nc(NC2CCN(C(=O)O[C@H]3CCNC3)CC2)c2ncc(C(C)C)n2n1. The predicted octanol–water partition coefficient (Wildman–Crippen LogP) is 2.41. The average molecular weight is 432 g/mol. The Hall–Kier alpha value is -2.62. The second-order valence-electron chi connectivity index (χ2n) is 8.89. The Labute approximate surface area is 182 Å². The third kappa shape index (κ3) is 5.00. The molecule has 0 unspecified atom stereocenters. The van der Waals surface area contributed by atoms with Crippen LogP contribution in [0, 0.1) is 0 Å². The van der Waals surface area contributed by atoms with E-state index < -0.39 is 0 Å². The lowest BCUT2D eigenvalue weighted by atomic mass is 10.1. The lowest BCUT2D eigenvalue weighted by Gasteiger charge is -2.32. The zero-order valence-corrected chi connectivity index (χ0v) is 18.8. The van der Waals surface area contributed by atoms with Crippen molar-refractivity contribution in [2.24, 2.45) is 0 Å². The number of amides is 1. The molecule has 0 spiro atoms. The number of carbonyl (C=O) groups excluding carboxylic acids is 1. The van der Waals surface area contributed by atoms with Crippen LogP contribution in [0.1, 0.15) is 58.6 Å². The fourth-order valence-electron chi connectivity index (χ4n) is 3.98. The normalized spacial score (nSPS) is 20.1. The first kappa shape index (κ1) is 21.6. The summed E-state index contributed by atoms with van der Waals surface area (Å²) in [7, 11) is 0. The van der Waals surface area contributed by atoms with Crippen molar-refractivity contribution in [1.29, 1.82) is 0 Å². The Kier molecular flexibility index (Phi) is 6.45. The van der Waals surface area contributed by atoms with E-state index >= 15 is 0 Å².